The number of aliphatic hydroxyl groups is 1. The van der Waals surface area contributed by atoms with Gasteiger partial charge in [-0.1, -0.05) is 0 Å². The molecule has 62 valence electrons. The molecule has 0 aromatic carbocycles. The van der Waals surface area contributed by atoms with Crippen molar-refractivity contribution in [2.75, 3.05) is 12.4 Å². The van der Waals surface area contributed by atoms with Gasteiger partial charge in [-0.3, -0.25) is 0 Å². The van der Waals surface area contributed by atoms with Crippen molar-refractivity contribution >= 4 is 17.8 Å². The summed E-state index contributed by atoms with van der Waals surface area (Å²) >= 11 is 1.71. The van der Waals surface area contributed by atoms with E-state index in [9.17, 15) is 4.79 Å². The molecule has 1 unspecified atom stereocenters. The molecular weight excluding hydrogens is 164 g/mol. The van der Waals surface area contributed by atoms with Crippen molar-refractivity contribution in [2.45, 2.75) is 17.3 Å². The van der Waals surface area contributed by atoms with Gasteiger partial charge in [-0.05, 0) is 0 Å². The van der Waals surface area contributed by atoms with Gasteiger partial charge < -0.3 is 15.7 Å². The quantitative estimate of drug-likeness (QED) is 0.453. The summed E-state index contributed by atoms with van der Waals surface area (Å²) in [6.45, 7) is 0.147. The smallest absolute Gasteiger partial charge is 0.315 e. The molecule has 2 amide bonds. The van der Waals surface area contributed by atoms with Gasteiger partial charge in [0, 0.05) is 5.75 Å². The van der Waals surface area contributed by atoms with Crippen LogP contribution in [-0.2, 0) is 0 Å². The van der Waals surface area contributed by atoms with Crippen molar-refractivity contribution < 1.29 is 9.90 Å². The van der Waals surface area contributed by atoms with Crippen LogP contribution in [0.1, 0.15) is 0 Å². The van der Waals surface area contributed by atoms with Gasteiger partial charge in [-0.2, -0.15) is 11.8 Å². The number of urea groups is 1. The first kappa shape index (κ1) is 7.24. The van der Waals surface area contributed by atoms with Gasteiger partial charge in [0.2, 0.25) is 0 Å². The molecule has 0 saturated carbocycles. The molecule has 2 fully saturated rings. The maximum absolute atomic E-state index is 10.8. The zero-order valence-corrected chi connectivity index (χ0v) is 6.73. The highest BCUT2D eigenvalue weighted by Crippen LogP contribution is 2.28. The summed E-state index contributed by atoms with van der Waals surface area (Å²) in [5.41, 5.74) is 0. The Morgan fingerprint density at radius 3 is 3.18 bits per heavy atom. The van der Waals surface area contributed by atoms with Crippen molar-refractivity contribution in [1.82, 2.24) is 10.6 Å². The standard InChI is InChI=1S/C6H10N2O2S/c9-1-4-5-3(2-11-4)7-6(10)8-5/h3-5,9H,1-2H2,(H2,7,8,10)/t3?,4-,5-/m0/s1. The lowest BCUT2D eigenvalue weighted by Gasteiger charge is -2.12. The minimum absolute atomic E-state index is 0.0984. The van der Waals surface area contributed by atoms with Crippen LogP contribution in [0.25, 0.3) is 0 Å². The number of hydrogen-bond acceptors (Lipinski definition) is 3. The zero-order valence-electron chi connectivity index (χ0n) is 5.91. The third-order valence-electron chi connectivity index (χ3n) is 2.12. The van der Waals surface area contributed by atoms with Gasteiger partial charge in [0.1, 0.15) is 0 Å². The number of hydrogen-bond donors (Lipinski definition) is 3. The molecule has 0 spiro atoms. The second kappa shape index (κ2) is 2.57. The molecule has 0 aromatic rings. The maximum atomic E-state index is 10.8. The fraction of sp³-hybridized carbons (Fsp3) is 0.833. The van der Waals surface area contributed by atoms with Crippen molar-refractivity contribution in [2.24, 2.45) is 0 Å². The SMILES string of the molecule is O=C1NC2CS[C@@H](CO)[C@H]2N1. The first-order valence-corrected chi connectivity index (χ1v) is 4.65. The number of amides is 2. The molecule has 3 atom stereocenters. The second-order valence-corrected chi connectivity index (χ2v) is 4.08. The fourth-order valence-electron chi connectivity index (χ4n) is 1.55. The van der Waals surface area contributed by atoms with Gasteiger partial charge in [0.05, 0.1) is 23.9 Å². The molecule has 2 aliphatic heterocycles. The lowest BCUT2D eigenvalue weighted by Crippen LogP contribution is -2.38. The summed E-state index contributed by atoms with van der Waals surface area (Å²) in [5, 5.41) is 14.7. The lowest BCUT2D eigenvalue weighted by molar-refractivity contribution is 0.245. The minimum atomic E-state index is -0.0984. The fourth-order valence-corrected chi connectivity index (χ4v) is 2.86. The minimum Gasteiger partial charge on any atom is -0.395 e. The van der Waals surface area contributed by atoms with Crippen molar-refractivity contribution in [1.29, 1.82) is 0 Å². The highest BCUT2D eigenvalue weighted by atomic mass is 32.2. The van der Waals surface area contributed by atoms with Crippen molar-refractivity contribution in [3.8, 4) is 0 Å². The highest BCUT2D eigenvalue weighted by molar-refractivity contribution is 8.00. The first-order valence-electron chi connectivity index (χ1n) is 3.61. The van der Waals surface area contributed by atoms with E-state index in [1.807, 2.05) is 0 Å². The van der Waals surface area contributed by atoms with Gasteiger partial charge in [0.15, 0.2) is 0 Å². The topological polar surface area (TPSA) is 61.4 Å². The average molecular weight is 174 g/mol. The van der Waals surface area contributed by atoms with Crippen LogP contribution in [0, 0.1) is 0 Å². The normalized spacial score (nSPS) is 41.5. The predicted octanol–water partition coefficient (Wildman–Crippen LogP) is -0.856. The van der Waals surface area contributed by atoms with E-state index in [1.54, 1.807) is 11.8 Å². The second-order valence-electron chi connectivity index (χ2n) is 2.80. The van der Waals surface area contributed by atoms with E-state index in [1.165, 1.54) is 0 Å². The lowest BCUT2D eigenvalue weighted by atomic mass is 10.1. The molecule has 0 aromatic heterocycles. The number of carbonyl (C=O) groups excluding carboxylic acids is 1. The van der Waals surface area contributed by atoms with Crippen LogP contribution in [0.15, 0.2) is 0 Å². The van der Waals surface area contributed by atoms with E-state index < -0.39 is 0 Å². The molecule has 4 nitrogen and oxygen atoms in total. The average Bonchev–Trinajstić information content (AvgIpc) is 2.45. The summed E-state index contributed by atoms with van der Waals surface area (Å²) in [7, 11) is 0. The summed E-state index contributed by atoms with van der Waals surface area (Å²) < 4.78 is 0. The Balaban J connectivity index is 2.07. The Bertz CT molecular complexity index is 187. The van der Waals surface area contributed by atoms with Crippen LogP contribution in [0.3, 0.4) is 0 Å². The Hall–Kier alpha value is -0.420. The molecule has 5 heteroatoms. The number of carbonyl (C=O) groups is 1. The Morgan fingerprint density at radius 2 is 2.45 bits per heavy atom. The van der Waals surface area contributed by atoms with Gasteiger partial charge in [-0.15, -0.1) is 0 Å². The van der Waals surface area contributed by atoms with Crippen molar-refractivity contribution in [3.05, 3.63) is 0 Å². The number of rotatable bonds is 1. The third-order valence-corrected chi connectivity index (χ3v) is 3.54. The molecule has 3 N–H and O–H groups in total. The zero-order chi connectivity index (χ0) is 7.84. The molecule has 11 heavy (non-hydrogen) atoms. The Labute approximate surface area is 68.7 Å². The Kier molecular flexibility index (Phi) is 1.69. The van der Waals surface area contributed by atoms with Crippen LogP contribution in [-0.4, -0.2) is 40.8 Å². The highest BCUT2D eigenvalue weighted by Gasteiger charge is 2.42. The van der Waals surface area contributed by atoms with Gasteiger partial charge >= 0.3 is 6.03 Å². The van der Waals surface area contributed by atoms with Crippen molar-refractivity contribution in [3.63, 3.8) is 0 Å². The number of aliphatic hydroxyl groups excluding tert-OH is 1. The molecule has 2 rings (SSSR count). The molecule has 0 aliphatic carbocycles. The van der Waals surface area contributed by atoms with E-state index in [0.29, 0.717) is 0 Å². The van der Waals surface area contributed by atoms with Crippen LogP contribution < -0.4 is 10.6 Å². The van der Waals surface area contributed by atoms with Gasteiger partial charge in [-0.25, -0.2) is 4.79 Å². The largest absolute Gasteiger partial charge is 0.395 e. The maximum Gasteiger partial charge on any atom is 0.315 e. The van der Waals surface area contributed by atoms with Crippen LogP contribution in [0.4, 0.5) is 4.79 Å². The van der Waals surface area contributed by atoms with E-state index >= 15 is 0 Å². The van der Waals surface area contributed by atoms with E-state index in [4.69, 9.17) is 5.11 Å². The van der Waals surface area contributed by atoms with E-state index in [-0.39, 0.29) is 30.0 Å². The van der Waals surface area contributed by atoms with E-state index in [0.717, 1.165) is 5.75 Å². The summed E-state index contributed by atoms with van der Waals surface area (Å²) in [6.07, 6.45) is 0. The number of fused-ring (bicyclic) bond motifs is 1. The summed E-state index contributed by atoms with van der Waals surface area (Å²) in [5.74, 6) is 0.911. The summed E-state index contributed by atoms with van der Waals surface area (Å²) in [4.78, 5) is 10.8. The van der Waals surface area contributed by atoms with Crippen LogP contribution >= 0.6 is 11.8 Å². The van der Waals surface area contributed by atoms with Crippen LogP contribution in [0.2, 0.25) is 0 Å². The Morgan fingerprint density at radius 1 is 1.64 bits per heavy atom. The predicted molar refractivity (Wildman–Crippen MR) is 42.6 cm³/mol. The molecule has 0 radical (unpaired) electrons. The number of thioether (sulfide) groups is 1. The molecule has 2 saturated heterocycles. The van der Waals surface area contributed by atoms with Gasteiger partial charge in [0.25, 0.3) is 0 Å². The molecule has 0 bridgehead atoms. The summed E-state index contributed by atoms with van der Waals surface area (Å²) in [6, 6.07) is 0.265. The third kappa shape index (κ3) is 1.08. The van der Waals surface area contributed by atoms with E-state index in [2.05, 4.69) is 10.6 Å². The molecule has 2 aliphatic rings. The number of nitrogens with one attached hydrogen (secondary N) is 2. The molecule has 2 heterocycles. The monoisotopic (exact) mass is 174 g/mol. The first-order chi connectivity index (χ1) is 5.31. The molecular formula is C6H10N2O2S. The van der Waals surface area contributed by atoms with Crippen LogP contribution in [0.5, 0.6) is 0 Å².